The minimum absolute atomic E-state index is 0.121. The standard InChI is InChI=1S/C14H18N4O2S/c1-3-18-13(20)10-6-4-5-7-11(10)15-14(18)17-16-12(19)8-9-21-2/h4-7H,3,8-9H2,1-2H3,(H,15,17)(H,16,19). The highest BCUT2D eigenvalue weighted by atomic mass is 32.2. The van der Waals surface area contributed by atoms with Crippen LogP contribution in [0.1, 0.15) is 13.3 Å². The number of hydrogen-bond acceptors (Lipinski definition) is 5. The van der Waals surface area contributed by atoms with Crippen molar-refractivity contribution in [3.8, 4) is 0 Å². The molecule has 21 heavy (non-hydrogen) atoms. The zero-order valence-electron chi connectivity index (χ0n) is 12.0. The monoisotopic (exact) mass is 306 g/mol. The van der Waals surface area contributed by atoms with Crippen LogP contribution in [0.15, 0.2) is 29.1 Å². The summed E-state index contributed by atoms with van der Waals surface area (Å²) >= 11 is 1.60. The molecule has 0 aliphatic carbocycles. The van der Waals surface area contributed by atoms with Crippen LogP contribution in [0.4, 0.5) is 5.95 Å². The van der Waals surface area contributed by atoms with E-state index < -0.39 is 0 Å². The van der Waals surface area contributed by atoms with Gasteiger partial charge >= 0.3 is 0 Å². The highest BCUT2D eigenvalue weighted by Crippen LogP contribution is 2.10. The summed E-state index contributed by atoms with van der Waals surface area (Å²) < 4.78 is 1.50. The van der Waals surface area contributed by atoms with Crippen molar-refractivity contribution < 1.29 is 4.79 Å². The van der Waals surface area contributed by atoms with E-state index in [1.54, 1.807) is 23.9 Å². The summed E-state index contributed by atoms with van der Waals surface area (Å²) in [6.07, 6.45) is 2.36. The van der Waals surface area contributed by atoms with Crippen molar-refractivity contribution in [2.75, 3.05) is 17.4 Å². The SMILES string of the molecule is CCn1c(NNC(=O)CCSC)nc2ccccc2c1=O. The Kier molecular flexibility index (Phi) is 5.21. The van der Waals surface area contributed by atoms with Crippen molar-refractivity contribution in [2.45, 2.75) is 19.9 Å². The molecule has 0 aliphatic rings. The molecule has 1 heterocycles. The summed E-state index contributed by atoms with van der Waals surface area (Å²) in [6, 6.07) is 7.16. The number of nitrogens with one attached hydrogen (secondary N) is 2. The summed E-state index contributed by atoms with van der Waals surface area (Å²) in [5.74, 6) is 0.965. The van der Waals surface area contributed by atoms with Crippen LogP contribution >= 0.6 is 11.8 Å². The summed E-state index contributed by atoms with van der Waals surface area (Å²) in [5.41, 5.74) is 5.81. The molecular formula is C14H18N4O2S. The largest absolute Gasteiger partial charge is 0.277 e. The van der Waals surface area contributed by atoms with Crippen molar-refractivity contribution in [1.82, 2.24) is 15.0 Å². The molecule has 0 saturated carbocycles. The third-order valence-corrected chi connectivity index (χ3v) is 3.64. The highest BCUT2D eigenvalue weighted by molar-refractivity contribution is 7.98. The van der Waals surface area contributed by atoms with Crippen LogP contribution in [0, 0.1) is 0 Å². The molecule has 0 bridgehead atoms. The fourth-order valence-electron chi connectivity index (χ4n) is 1.94. The van der Waals surface area contributed by atoms with Crippen LogP contribution < -0.4 is 16.4 Å². The third-order valence-electron chi connectivity index (χ3n) is 3.02. The maximum atomic E-state index is 12.4. The highest BCUT2D eigenvalue weighted by Gasteiger charge is 2.10. The fourth-order valence-corrected chi connectivity index (χ4v) is 2.33. The number of hydrogen-bond donors (Lipinski definition) is 2. The van der Waals surface area contributed by atoms with Crippen LogP contribution in [0.2, 0.25) is 0 Å². The van der Waals surface area contributed by atoms with E-state index in [4.69, 9.17) is 0 Å². The molecule has 2 aromatic rings. The molecule has 6 nitrogen and oxygen atoms in total. The van der Waals surface area contributed by atoms with Crippen molar-refractivity contribution in [3.05, 3.63) is 34.6 Å². The topological polar surface area (TPSA) is 76.0 Å². The maximum Gasteiger partial charge on any atom is 0.262 e. The number of amides is 1. The smallest absolute Gasteiger partial charge is 0.262 e. The summed E-state index contributed by atoms with van der Waals surface area (Å²) in [5, 5.41) is 0.568. The lowest BCUT2D eigenvalue weighted by atomic mass is 10.2. The van der Waals surface area contributed by atoms with Crippen LogP contribution in [-0.2, 0) is 11.3 Å². The van der Waals surface area contributed by atoms with Gasteiger partial charge in [0.1, 0.15) is 0 Å². The van der Waals surface area contributed by atoms with Crippen molar-refractivity contribution in [3.63, 3.8) is 0 Å². The van der Waals surface area contributed by atoms with Gasteiger partial charge in [-0.1, -0.05) is 12.1 Å². The Bertz CT molecular complexity index is 699. The number of hydrazine groups is 1. The van der Waals surface area contributed by atoms with Gasteiger partial charge in [-0.2, -0.15) is 11.8 Å². The van der Waals surface area contributed by atoms with Gasteiger partial charge in [0.2, 0.25) is 11.9 Å². The lowest BCUT2D eigenvalue weighted by molar-refractivity contribution is -0.120. The van der Waals surface area contributed by atoms with Crippen molar-refractivity contribution in [1.29, 1.82) is 0 Å². The number of fused-ring (bicyclic) bond motifs is 1. The molecule has 2 N–H and O–H groups in total. The van der Waals surface area contributed by atoms with Gasteiger partial charge in [-0.15, -0.1) is 0 Å². The van der Waals surface area contributed by atoms with Gasteiger partial charge in [-0.05, 0) is 25.3 Å². The fraction of sp³-hybridized carbons (Fsp3) is 0.357. The molecule has 0 saturated heterocycles. The van der Waals surface area contributed by atoms with Crippen LogP contribution in [-0.4, -0.2) is 27.5 Å². The molecule has 1 amide bonds. The quantitative estimate of drug-likeness (QED) is 0.793. The Morgan fingerprint density at radius 2 is 2.14 bits per heavy atom. The minimum atomic E-state index is -0.130. The number of rotatable bonds is 6. The van der Waals surface area contributed by atoms with Gasteiger partial charge in [0, 0.05) is 18.7 Å². The summed E-state index contributed by atoms with van der Waals surface area (Å²) in [6.45, 7) is 2.33. The molecule has 0 fully saturated rings. The van der Waals surface area contributed by atoms with Crippen molar-refractivity contribution in [2.24, 2.45) is 0 Å². The molecule has 0 atom stereocenters. The van der Waals surface area contributed by atoms with E-state index in [2.05, 4.69) is 15.8 Å². The number of thioether (sulfide) groups is 1. The molecule has 1 aromatic carbocycles. The average molecular weight is 306 g/mol. The number of benzene rings is 1. The molecule has 0 unspecified atom stereocenters. The molecule has 112 valence electrons. The molecular weight excluding hydrogens is 288 g/mol. The minimum Gasteiger partial charge on any atom is -0.277 e. The number of carbonyl (C=O) groups is 1. The van der Waals surface area contributed by atoms with Gasteiger partial charge < -0.3 is 0 Å². The first-order chi connectivity index (χ1) is 10.2. The third kappa shape index (κ3) is 3.55. The second kappa shape index (κ2) is 7.12. The van der Waals surface area contributed by atoms with E-state index in [0.717, 1.165) is 5.75 Å². The number of anilines is 1. The van der Waals surface area contributed by atoms with E-state index >= 15 is 0 Å². The number of aromatic nitrogens is 2. The first-order valence-corrected chi connectivity index (χ1v) is 8.10. The molecule has 7 heteroatoms. The first-order valence-electron chi connectivity index (χ1n) is 6.70. The van der Waals surface area contributed by atoms with Crippen LogP contribution in [0.5, 0.6) is 0 Å². The second-order valence-corrected chi connectivity index (χ2v) is 5.40. The maximum absolute atomic E-state index is 12.4. The van der Waals surface area contributed by atoms with Gasteiger partial charge in [0.05, 0.1) is 10.9 Å². The zero-order valence-corrected chi connectivity index (χ0v) is 12.9. The summed E-state index contributed by atoms with van der Waals surface area (Å²) in [7, 11) is 0. The number of carbonyl (C=O) groups excluding carboxylic acids is 1. The van der Waals surface area contributed by atoms with Gasteiger partial charge in [-0.25, -0.2) is 4.98 Å². The molecule has 0 spiro atoms. The van der Waals surface area contributed by atoms with Crippen molar-refractivity contribution >= 4 is 34.5 Å². The Labute approximate surface area is 126 Å². The van der Waals surface area contributed by atoms with Crippen LogP contribution in [0.3, 0.4) is 0 Å². The average Bonchev–Trinajstić information content (AvgIpc) is 2.51. The number of nitrogens with zero attached hydrogens (tertiary/aromatic N) is 2. The lowest BCUT2D eigenvalue weighted by Gasteiger charge is -2.13. The summed E-state index contributed by atoms with van der Waals surface area (Å²) in [4.78, 5) is 28.4. The van der Waals surface area contributed by atoms with Gasteiger partial charge in [0.25, 0.3) is 5.56 Å². The second-order valence-electron chi connectivity index (χ2n) is 4.42. The van der Waals surface area contributed by atoms with E-state index in [1.807, 2.05) is 25.3 Å². The predicted octanol–water partition coefficient (Wildman–Crippen LogP) is 1.61. The molecule has 0 radical (unpaired) electrons. The van der Waals surface area contributed by atoms with E-state index in [0.29, 0.717) is 29.8 Å². The molecule has 1 aromatic heterocycles. The Balaban J connectivity index is 2.26. The molecule has 0 aliphatic heterocycles. The van der Waals surface area contributed by atoms with Gasteiger partial charge in [0.15, 0.2) is 0 Å². The van der Waals surface area contributed by atoms with E-state index in [-0.39, 0.29) is 11.5 Å². The predicted molar refractivity (Wildman–Crippen MR) is 86.4 cm³/mol. The van der Waals surface area contributed by atoms with Crippen LogP contribution in [0.25, 0.3) is 10.9 Å². The Hall–Kier alpha value is -2.02. The van der Waals surface area contributed by atoms with E-state index in [1.165, 1.54) is 4.57 Å². The molecule has 2 rings (SSSR count). The zero-order chi connectivity index (χ0) is 15.2. The van der Waals surface area contributed by atoms with Gasteiger partial charge in [-0.3, -0.25) is 25.0 Å². The normalized spacial score (nSPS) is 10.6. The Morgan fingerprint density at radius 1 is 1.38 bits per heavy atom. The van der Waals surface area contributed by atoms with E-state index in [9.17, 15) is 9.59 Å². The number of para-hydroxylation sites is 1. The first kappa shape index (κ1) is 15.4. The Morgan fingerprint density at radius 3 is 2.86 bits per heavy atom. The lowest BCUT2D eigenvalue weighted by Crippen LogP contribution is -2.34.